The van der Waals surface area contributed by atoms with Gasteiger partial charge in [0, 0.05) is 24.1 Å². The lowest BCUT2D eigenvalue weighted by Gasteiger charge is -2.32. The molecule has 8 heteroatoms. The Balaban J connectivity index is 1.65. The lowest BCUT2D eigenvalue weighted by atomic mass is 9.96. The number of halogens is 1. The summed E-state index contributed by atoms with van der Waals surface area (Å²) in [5, 5.41) is 5.29. The second kappa shape index (κ2) is 10.6. The van der Waals surface area contributed by atoms with Crippen molar-refractivity contribution >= 4 is 33.8 Å². The van der Waals surface area contributed by atoms with Crippen molar-refractivity contribution in [3.8, 4) is 0 Å². The van der Waals surface area contributed by atoms with Crippen LogP contribution < -0.4 is 10.6 Å². The number of benzene rings is 1. The summed E-state index contributed by atoms with van der Waals surface area (Å²) in [5.74, 6) is 0.206. The van der Waals surface area contributed by atoms with Gasteiger partial charge in [-0.05, 0) is 51.2 Å². The van der Waals surface area contributed by atoms with Gasteiger partial charge in [0.15, 0.2) is 0 Å². The zero-order valence-electron chi connectivity index (χ0n) is 17.3. The van der Waals surface area contributed by atoms with Gasteiger partial charge in [0.2, 0.25) is 11.8 Å². The van der Waals surface area contributed by atoms with E-state index in [1.165, 1.54) is 0 Å². The van der Waals surface area contributed by atoms with Crippen LogP contribution in [0.4, 0.5) is 4.79 Å². The van der Waals surface area contributed by atoms with Crippen molar-refractivity contribution in [1.82, 2.24) is 15.5 Å². The Kier molecular flexibility index (Phi) is 8.49. The standard InChI is InChI=1S/C21H30BrN3O4/c1-21(2,3)29-20(28)24-14-18(26)23-13-15-8-10-25(11-9-15)19(27)12-16-6-4-5-7-17(16)22/h4-7,15H,8-14H2,1-3H3,(H,23,26)(H,24,28). The van der Waals surface area contributed by atoms with Gasteiger partial charge < -0.3 is 20.3 Å². The molecule has 0 aliphatic carbocycles. The van der Waals surface area contributed by atoms with Crippen LogP contribution in [-0.2, 0) is 20.7 Å². The minimum Gasteiger partial charge on any atom is -0.444 e. The first-order chi connectivity index (χ1) is 13.6. The van der Waals surface area contributed by atoms with E-state index in [0.29, 0.717) is 32.0 Å². The molecule has 0 bridgehead atoms. The fourth-order valence-corrected chi connectivity index (χ4v) is 3.52. The first-order valence-electron chi connectivity index (χ1n) is 9.89. The lowest BCUT2D eigenvalue weighted by Crippen LogP contribution is -2.44. The number of carbonyl (C=O) groups is 3. The van der Waals surface area contributed by atoms with E-state index in [2.05, 4.69) is 26.6 Å². The van der Waals surface area contributed by atoms with Crippen molar-refractivity contribution in [1.29, 1.82) is 0 Å². The molecule has 1 saturated heterocycles. The molecule has 0 aromatic heterocycles. The molecule has 1 aliphatic heterocycles. The van der Waals surface area contributed by atoms with Crippen LogP contribution in [-0.4, -0.2) is 54.6 Å². The van der Waals surface area contributed by atoms with Gasteiger partial charge in [0.25, 0.3) is 0 Å². The van der Waals surface area contributed by atoms with Crippen LogP contribution in [0, 0.1) is 5.92 Å². The average Bonchev–Trinajstić information content (AvgIpc) is 2.65. The molecule has 0 spiro atoms. The highest BCUT2D eigenvalue weighted by Gasteiger charge is 2.23. The van der Waals surface area contributed by atoms with E-state index in [0.717, 1.165) is 22.9 Å². The molecule has 160 valence electrons. The fourth-order valence-electron chi connectivity index (χ4n) is 3.09. The lowest BCUT2D eigenvalue weighted by molar-refractivity contribution is -0.132. The van der Waals surface area contributed by atoms with Crippen molar-refractivity contribution in [3.05, 3.63) is 34.3 Å². The molecule has 1 fully saturated rings. The third-order valence-electron chi connectivity index (χ3n) is 4.65. The van der Waals surface area contributed by atoms with Crippen LogP contribution >= 0.6 is 15.9 Å². The number of likely N-dealkylation sites (tertiary alicyclic amines) is 1. The highest BCUT2D eigenvalue weighted by atomic mass is 79.9. The Labute approximate surface area is 180 Å². The van der Waals surface area contributed by atoms with E-state index in [1.54, 1.807) is 20.8 Å². The Morgan fingerprint density at radius 2 is 1.79 bits per heavy atom. The largest absolute Gasteiger partial charge is 0.444 e. The average molecular weight is 468 g/mol. The molecule has 7 nitrogen and oxygen atoms in total. The minimum absolute atomic E-state index is 0.113. The summed E-state index contributed by atoms with van der Waals surface area (Å²) >= 11 is 3.48. The van der Waals surface area contributed by atoms with Crippen LogP contribution in [0.1, 0.15) is 39.2 Å². The SMILES string of the molecule is CC(C)(C)OC(=O)NCC(=O)NCC1CCN(C(=O)Cc2ccccc2Br)CC1. The molecule has 2 rings (SSSR count). The summed E-state index contributed by atoms with van der Waals surface area (Å²) in [5.41, 5.74) is 0.395. The highest BCUT2D eigenvalue weighted by Crippen LogP contribution is 2.20. The number of ether oxygens (including phenoxy) is 1. The number of hydrogen-bond donors (Lipinski definition) is 2. The maximum absolute atomic E-state index is 12.5. The molecule has 0 unspecified atom stereocenters. The molecule has 1 heterocycles. The van der Waals surface area contributed by atoms with Gasteiger partial charge in [0.05, 0.1) is 13.0 Å². The molecule has 1 aliphatic rings. The van der Waals surface area contributed by atoms with E-state index < -0.39 is 11.7 Å². The Bertz CT molecular complexity index is 725. The number of amides is 3. The smallest absolute Gasteiger partial charge is 0.408 e. The van der Waals surface area contributed by atoms with Crippen LogP contribution in [0.3, 0.4) is 0 Å². The third-order valence-corrected chi connectivity index (χ3v) is 5.42. The summed E-state index contributed by atoms with van der Waals surface area (Å²) in [6, 6.07) is 7.76. The van der Waals surface area contributed by atoms with Gasteiger partial charge in [-0.15, -0.1) is 0 Å². The quantitative estimate of drug-likeness (QED) is 0.672. The normalized spacial score (nSPS) is 15.0. The molecular weight excluding hydrogens is 438 g/mol. The zero-order valence-corrected chi connectivity index (χ0v) is 18.9. The molecule has 2 N–H and O–H groups in total. The Morgan fingerprint density at radius 1 is 1.14 bits per heavy atom. The van der Waals surface area contributed by atoms with Crippen molar-refractivity contribution in [3.63, 3.8) is 0 Å². The number of nitrogens with one attached hydrogen (secondary N) is 2. The predicted molar refractivity (Wildman–Crippen MR) is 114 cm³/mol. The first-order valence-corrected chi connectivity index (χ1v) is 10.7. The van der Waals surface area contributed by atoms with E-state index in [1.807, 2.05) is 29.2 Å². The molecule has 29 heavy (non-hydrogen) atoms. The molecule has 0 atom stereocenters. The Hall–Kier alpha value is -2.09. The van der Waals surface area contributed by atoms with Gasteiger partial charge in [0.1, 0.15) is 5.60 Å². The van der Waals surface area contributed by atoms with Crippen LogP contribution in [0.25, 0.3) is 0 Å². The van der Waals surface area contributed by atoms with Crippen molar-refractivity contribution < 1.29 is 19.1 Å². The Morgan fingerprint density at radius 3 is 2.41 bits per heavy atom. The maximum atomic E-state index is 12.5. The first kappa shape index (κ1) is 23.2. The highest BCUT2D eigenvalue weighted by molar-refractivity contribution is 9.10. The van der Waals surface area contributed by atoms with Crippen molar-refractivity contribution in [2.75, 3.05) is 26.2 Å². The summed E-state index contributed by atoms with van der Waals surface area (Å²) < 4.78 is 6.05. The van der Waals surface area contributed by atoms with Crippen LogP contribution in [0.2, 0.25) is 0 Å². The second-order valence-corrected chi connectivity index (χ2v) is 9.11. The molecule has 0 saturated carbocycles. The number of piperidine rings is 1. The van der Waals surface area contributed by atoms with Gasteiger partial charge in [-0.25, -0.2) is 4.79 Å². The summed E-state index contributed by atoms with van der Waals surface area (Å²) in [4.78, 5) is 37.9. The molecule has 0 radical (unpaired) electrons. The monoisotopic (exact) mass is 467 g/mol. The summed E-state index contributed by atoms with van der Waals surface area (Å²) in [6.45, 7) is 7.12. The summed E-state index contributed by atoms with van der Waals surface area (Å²) in [7, 11) is 0. The third kappa shape index (κ3) is 8.43. The minimum atomic E-state index is -0.607. The van der Waals surface area contributed by atoms with Crippen LogP contribution in [0.15, 0.2) is 28.7 Å². The molecule has 3 amide bonds. The maximum Gasteiger partial charge on any atom is 0.408 e. The van der Waals surface area contributed by atoms with Crippen LogP contribution in [0.5, 0.6) is 0 Å². The predicted octanol–water partition coefficient (Wildman–Crippen LogP) is 2.87. The van der Waals surface area contributed by atoms with E-state index >= 15 is 0 Å². The molecule has 1 aromatic carbocycles. The number of rotatable bonds is 6. The van der Waals surface area contributed by atoms with Gasteiger partial charge in [-0.1, -0.05) is 34.1 Å². The van der Waals surface area contributed by atoms with Gasteiger partial charge in [-0.2, -0.15) is 0 Å². The van der Waals surface area contributed by atoms with Gasteiger partial charge >= 0.3 is 6.09 Å². The number of carbonyl (C=O) groups excluding carboxylic acids is 3. The fraction of sp³-hybridized carbons (Fsp3) is 0.571. The van der Waals surface area contributed by atoms with Gasteiger partial charge in [-0.3, -0.25) is 9.59 Å². The van der Waals surface area contributed by atoms with E-state index in [-0.39, 0.29) is 18.4 Å². The van der Waals surface area contributed by atoms with E-state index in [4.69, 9.17) is 4.74 Å². The zero-order chi connectivity index (χ0) is 21.4. The van der Waals surface area contributed by atoms with Crippen molar-refractivity contribution in [2.24, 2.45) is 5.92 Å². The topological polar surface area (TPSA) is 87.7 Å². The van der Waals surface area contributed by atoms with E-state index in [9.17, 15) is 14.4 Å². The molecular formula is C21H30BrN3O4. The second-order valence-electron chi connectivity index (χ2n) is 8.25. The summed E-state index contributed by atoms with van der Waals surface area (Å²) in [6.07, 6.45) is 1.48. The number of nitrogens with zero attached hydrogens (tertiary/aromatic N) is 1. The van der Waals surface area contributed by atoms with Crippen molar-refractivity contribution in [2.45, 2.75) is 45.6 Å². The number of hydrogen-bond acceptors (Lipinski definition) is 4. The number of alkyl carbamates (subject to hydrolysis) is 1. The molecule has 1 aromatic rings.